The zero-order valence-corrected chi connectivity index (χ0v) is 17.3. The molecule has 2 aliphatic heterocycles. The molecule has 1 saturated heterocycles. The molecule has 3 N–H and O–H groups in total. The second-order valence-corrected chi connectivity index (χ2v) is 8.11. The van der Waals surface area contributed by atoms with E-state index in [1.54, 1.807) is 0 Å². The first kappa shape index (κ1) is 19.5. The second kappa shape index (κ2) is 8.74. The molecule has 5 nitrogen and oxygen atoms in total. The van der Waals surface area contributed by atoms with Gasteiger partial charge in [-0.1, -0.05) is 42.5 Å². The maximum atomic E-state index is 11.7. The molecule has 0 radical (unpaired) electrons. The fourth-order valence-corrected chi connectivity index (χ4v) is 4.45. The topological polar surface area (TPSA) is 66.0 Å². The van der Waals surface area contributed by atoms with Crippen LogP contribution in [0.2, 0.25) is 0 Å². The second-order valence-electron chi connectivity index (χ2n) is 8.11. The minimum atomic E-state index is -0.422. The van der Waals surface area contributed by atoms with Crippen LogP contribution >= 0.6 is 0 Å². The summed E-state index contributed by atoms with van der Waals surface area (Å²) in [5.74, 6) is 1.33. The van der Waals surface area contributed by atoms with Crippen molar-refractivity contribution in [3.05, 3.63) is 83.6 Å². The van der Waals surface area contributed by atoms with Crippen molar-refractivity contribution in [1.82, 2.24) is 15.6 Å². The lowest BCUT2D eigenvalue weighted by Crippen LogP contribution is -2.26. The number of carbonyl (C=O) groups excluding carboxylic acids is 1. The molecule has 5 rings (SSSR count). The summed E-state index contributed by atoms with van der Waals surface area (Å²) in [6.45, 7) is 2.17. The molecule has 1 atom stereocenters. The van der Waals surface area contributed by atoms with Crippen molar-refractivity contribution in [3.8, 4) is 11.3 Å². The lowest BCUT2D eigenvalue weighted by molar-refractivity contribution is -0.109. The number of fused-ring (bicyclic) bond motifs is 1. The molecule has 0 aliphatic carbocycles. The van der Waals surface area contributed by atoms with Crippen LogP contribution in [0.4, 0.5) is 11.5 Å². The minimum Gasteiger partial charge on any atom is -0.378 e. The molecule has 0 bridgehead atoms. The number of piperidine rings is 1. The molecule has 0 spiro atoms. The lowest BCUT2D eigenvalue weighted by atomic mass is 9.90. The van der Waals surface area contributed by atoms with Gasteiger partial charge < -0.3 is 20.7 Å². The SMILES string of the molecule is O=CC1NC=Cc2cc(-c3ccccc3)nc(Nc3ccc(C4CCNCC4)cc3)c21. The van der Waals surface area contributed by atoms with Gasteiger partial charge in [0.2, 0.25) is 0 Å². The molecule has 0 saturated carbocycles. The van der Waals surface area contributed by atoms with Crippen LogP contribution in [0.3, 0.4) is 0 Å². The van der Waals surface area contributed by atoms with Gasteiger partial charge in [-0.3, -0.25) is 0 Å². The van der Waals surface area contributed by atoms with Gasteiger partial charge >= 0.3 is 0 Å². The van der Waals surface area contributed by atoms with E-state index >= 15 is 0 Å². The number of aldehydes is 1. The predicted octanol–water partition coefficient (Wildman–Crippen LogP) is 4.77. The highest BCUT2D eigenvalue weighted by Crippen LogP contribution is 2.34. The monoisotopic (exact) mass is 410 g/mol. The van der Waals surface area contributed by atoms with Crippen LogP contribution in [0, 0.1) is 0 Å². The summed E-state index contributed by atoms with van der Waals surface area (Å²) < 4.78 is 0. The number of benzene rings is 2. The largest absolute Gasteiger partial charge is 0.378 e. The van der Waals surface area contributed by atoms with E-state index in [2.05, 4.69) is 40.2 Å². The predicted molar refractivity (Wildman–Crippen MR) is 125 cm³/mol. The van der Waals surface area contributed by atoms with E-state index in [1.165, 1.54) is 18.4 Å². The third kappa shape index (κ3) is 4.09. The smallest absolute Gasteiger partial charge is 0.146 e. The van der Waals surface area contributed by atoms with Gasteiger partial charge in [0.1, 0.15) is 18.1 Å². The summed E-state index contributed by atoms with van der Waals surface area (Å²) in [7, 11) is 0. The van der Waals surface area contributed by atoms with Gasteiger partial charge in [-0.25, -0.2) is 4.98 Å². The molecule has 1 fully saturated rings. The first-order valence-electron chi connectivity index (χ1n) is 10.9. The molecule has 1 unspecified atom stereocenters. The maximum absolute atomic E-state index is 11.7. The lowest BCUT2D eigenvalue weighted by Gasteiger charge is -2.24. The van der Waals surface area contributed by atoms with Crippen LogP contribution < -0.4 is 16.0 Å². The van der Waals surface area contributed by atoms with Gasteiger partial charge in [0.25, 0.3) is 0 Å². The van der Waals surface area contributed by atoms with Gasteiger partial charge in [-0.15, -0.1) is 0 Å². The summed E-state index contributed by atoms with van der Waals surface area (Å²) in [4.78, 5) is 16.7. The van der Waals surface area contributed by atoms with E-state index in [9.17, 15) is 4.79 Å². The fourth-order valence-electron chi connectivity index (χ4n) is 4.45. The van der Waals surface area contributed by atoms with Crippen LogP contribution in [0.25, 0.3) is 17.3 Å². The number of anilines is 2. The number of hydrogen-bond acceptors (Lipinski definition) is 5. The first-order valence-corrected chi connectivity index (χ1v) is 10.9. The zero-order valence-electron chi connectivity index (χ0n) is 17.3. The summed E-state index contributed by atoms with van der Waals surface area (Å²) in [6, 6.07) is 20.4. The number of nitrogens with one attached hydrogen (secondary N) is 3. The Labute approximate surface area is 182 Å². The molecule has 2 aliphatic rings. The van der Waals surface area contributed by atoms with Crippen molar-refractivity contribution in [2.24, 2.45) is 0 Å². The average Bonchev–Trinajstić information content (AvgIpc) is 2.85. The quantitative estimate of drug-likeness (QED) is 0.529. The Morgan fingerprint density at radius 1 is 1.00 bits per heavy atom. The number of hydrogen-bond donors (Lipinski definition) is 3. The number of aromatic nitrogens is 1. The van der Waals surface area contributed by atoms with Crippen molar-refractivity contribution in [2.75, 3.05) is 18.4 Å². The number of pyridine rings is 1. The Morgan fingerprint density at radius 2 is 1.77 bits per heavy atom. The summed E-state index contributed by atoms with van der Waals surface area (Å²) >= 11 is 0. The van der Waals surface area contributed by atoms with Crippen molar-refractivity contribution >= 4 is 23.9 Å². The molecule has 2 aromatic carbocycles. The summed E-state index contributed by atoms with van der Waals surface area (Å²) in [5, 5.41) is 10.0. The van der Waals surface area contributed by atoms with Crippen LogP contribution in [0.5, 0.6) is 0 Å². The highest BCUT2D eigenvalue weighted by atomic mass is 16.1. The van der Waals surface area contributed by atoms with Crippen LogP contribution in [-0.4, -0.2) is 24.4 Å². The van der Waals surface area contributed by atoms with Crippen LogP contribution in [-0.2, 0) is 4.79 Å². The Bertz CT molecular complexity index is 1090. The number of rotatable bonds is 5. The Hall–Kier alpha value is -3.44. The minimum absolute atomic E-state index is 0.422. The molecule has 31 heavy (non-hydrogen) atoms. The highest BCUT2D eigenvalue weighted by molar-refractivity contribution is 5.80. The van der Waals surface area contributed by atoms with Crippen molar-refractivity contribution in [1.29, 1.82) is 0 Å². The average molecular weight is 411 g/mol. The third-order valence-electron chi connectivity index (χ3n) is 6.13. The Balaban J connectivity index is 1.50. The van der Waals surface area contributed by atoms with Crippen LogP contribution in [0.15, 0.2) is 66.9 Å². The number of carbonyl (C=O) groups is 1. The molecule has 1 aromatic heterocycles. The molecule has 3 heterocycles. The van der Waals surface area contributed by atoms with E-state index in [-0.39, 0.29) is 0 Å². The standard InChI is InChI=1S/C26H26N4O/c31-17-24-25-21(12-15-28-24)16-23(20-4-2-1-3-5-20)30-26(25)29-22-8-6-18(7-9-22)19-10-13-27-14-11-19/h1-9,12,15-17,19,24,27-28H,10-11,13-14H2,(H,29,30). The Morgan fingerprint density at radius 3 is 2.52 bits per heavy atom. The molecule has 0 amide bonds. The van der Waals surface area contributed by atoms with Crippen molar-refractivity contribution in [2.45, 2.75) is 24.8 Å². The molecule has 5 heteroatoms. The third-order valence-corrected chi connectivity index (χ3v) is 6.13. The van der Waals surface area contributed by atoms with E-state index in [4.69, 9.17) is 4.98 Å². The molecular formula is C26H26N4O. The van der Waals surface area contributed by atoms with Gasteiger partial charge in [0, 0.05) is 16.8 Å². The van der Waals surface area contributed by atoms with E-state index < -0.39 is 6.04 Å². The maximum Gasteiger partial charge on any atom is 0.146 e. The molecular weight excluding hydrogens is 384 g/mol. The van der Waals surface area contributed by atoms with E-state index in [0.29, 0.717) is 11.7 Å². The van der Waals surface area contributed by atoms with E-state index in [1.807, 2.05) is 48.7 Å². The van der Waals surface area contributed by atoms with Gasteiger partial charge in [0.05, 0.1) is 5.69 Å². The highest BCUT2D eigenvalue weighted by Gasteiger charge is 2.23. The summed E-state index contributed by atoms with van der Waals surface area (Å²) in [5.41, 5.74) is 6.15. The van der Waals surface area contributed by atoms with Crippen molar-refractivity contribution in [3.63, 3.8) is 0 Å². The van der Waals surface area contributed by atoms with E-state index in [0.717, 1.165) is 47.4 Å². The summed E-state index contributed by atoms with van der Waals surface area (Å²) in [6.07, 6.45) is 7.11. The Kier molecular flexibility index (Phi) is 5.50. The fraction of sp³-hybridized carbons (Fsp3) is 0.231. The molecule has 3 aromatic rings. The first-order chi connectivity index (χ1) is 15.3. The van der Waals surface area contributed by atoms with Gasteiger partial charge in [-0.2, -0.15) is 0 Å². The van der Waals surface area contributed by atoms with Crippen molar-refractivity contribution < 1.29 is 4.79 Å². The van der Waals surface area contributed by atoms with Crippen LogP contribution in [0.1, 0.15) is 41.5 Å². The molecule has 156 valence electrons. The van der Waals surface area contributed by atoms with Gasteiger partial charge in [-0.05, 0) is 73.5 Å². The number of nitrogens with zero attached hydrogens (tertiary/aromatic N) is 1. The van der Waals surface area contributed by atoms with Gasteiger partial charge in [0.15, 0.2) is 0 Å². The normalized spacial score (nSPS) is 18.1. The zero-order chi connectivity index (χ0) is 21.0.